The maximum Gasteiger partial charge on any atom is 0.177 e. The number of nitrogens with two attached hydrogens (primary N) is 1. The number of nitrogens with zero attached hydrogens (tertiary/aromatic N) is 5. The molecule has 0 bridgehead atoms. The lowest BCUT2D eigenvalue weighted by Gasteiger charge is -2.07. The lowest BCUT2D eigenvalue weighted by atomic mass is 10.1. The van der Waals surface area contributed by atoms with E-state index in [2.05, 4.69) is 4.98 Å². The molecular formula is C13H8N6. The maximum atomic E-state index is 9.07. The number of anilines is 1. The minimum Gasteiger partial charge on any atom is -0.398 e. The molecule has 1 aromatic carbocycles. The number of nitriles is 3. The first-order chi connectivity index (χ1) is 9.21. The van der Waals surface area contributed by atoms with Crippen LogP contribution in [0.5, 0.6) is 0 Å². The lowest BCUT2D eigenvalue weighted by molar-refractivity contribution is 1.03. The van der Waals surface area contributed by atoms with Crippen molar-refractivity contribution < 1.29 is 0 Å². The number of aromatic nitrogens is 2. The molecule has 19 heavy (non-hydrogen) atoms. The highest BCUT2D eigenvalue weighted by molar-refractivity contribution is 5.55. The normalized spacial score (nSPS) is 9.32. The van der Waals surface area contributed by atoms with E-state index >= 15 is 0 Å². The summed E-state index contributed by atoms with van der Waals surface area (Å²) < 4.78 is 1.50. The van der Waals surface area contributed by atoms with Crippen LogP contribution in [0.1, 0.15) is 17.0 Å². The van der Waals surface area contributed by atoms with Gasteiger partial charge >= 0.3 is 0 Å². The summed E-state index contributed by atoms with van der Waals surface area (Å²) in [5, 5.41) is 26.6. The average Bonchev–Trinajstić information content (AvgIpc) is 2.84. The van der Waals surface area contributed by atoms with Crippen LogP contribution in [0.25, 0.3) is 5.69 Å². The predicted octanol–water partition coefficient (Wildman–Crippen LogP) is 1.26. The van der Waals surface area contributed by atoms with Gasteiger partial charge in [-0.2, -0.15) is 15.8 Å². The Labute approximate surface area is 109 Å². The minimum absolute atomic E-state index is 0.0705. The summed E-state index contributed by atoms with van der Waals surface area (Å²) >= 11 is 0. The van der Waals surface area contributed by atoms with Crippen molar-refractivity contribution in [3.8, 4) is 23.9 Å². The lowest BCUT2D eigenvalue weighted by Crippen LogP contribution is -2.00. The molecule has 0 aliphatic rings. The van der Waals surface area contributed by atoms with Crippen molar-refractivity contribution in [3.05, 3.63) is 41.5 Å². The molecular weight excluding hydrogens is 240 g/mol. The molecule has 1 aromatic heterocycles. The Kier molecular flexibility index (Phi) is 3.14. The summed E-state index contributed by atoms with van der Waals surface area (Å²) in [5.41, 5.74) is 7.83. The average molecular weight is 248 g/mol. The second kappa shape index (κ2) is 4.91. The van der Waals surface area contributed by atoms with E-state index in [0.717, 1.165) is 0 Å². The molecule has 2 aromatic rings. The van der Waals surface area contributed by atoms with Gasteiger partial charge in [0.05, 0.1) is 12.5 Å². The Morgan fingerprint density at radius 2 is 2.00 bits per heavy atom. The highest BCUT2D eigenvalue weighted by Gasteiger charge is 2.12. The quantitative estimate of drug-likeness (QED) is 0.803. The van der Waals surface area contributed by atoms with E-state index < -0.39 is 0 Å². The molecule has 0 amide bonds. The molecule has 0 saturated heterocycles. The molecule has 0 atom stereocenters. The number of rotatable bonds is 2. The minimum atomic E-state index is 0.0705. The van der Waals surface area contributed by atoms with Gasteiger partial charge in [-0.05, 0) is 23.8 Å². The van der Waals surface area contributed by atoms with E-state index in [0.29, 0.717) is 16.9 Å². The van der Waals surface area contributed by atoms with Crippen molar-refractivity contribution in [2.75, 3.05) is 5.73 Å². The fourth-order valence-corrected chi connectivity index (χ4v) is 1.71. The van der Waals surface area contributed by atoms with E-state index in [-0.39, 0.29) is 17.8 Å². The van der Waals surface area contributed by atoms with Gasteiger partial charge in [0.25, 0.3) is 0 Å². The van der Waals surface area contributed by atoms with Gasteiger partial charge in [0, 0.05) is 11.4 Å². The number of imidazole rings is 1. The van der Waals surface area contributed by atoms with Crippen LogP contribution >= 0.6 is 0 Å². The first-order valence-electron chi connectivity index (χ1n) is 5.34. The topological polar surface area (TPSA) is 115 Å². The largest absolute Gasteiger partial charge is 0.398 e. The van der Waals surface area contributed by atoms with Crippen LogP contribution in [0.15, 0.2) is 24.5 Å². The van der Waals surface area contributed by atoms with Crippen molar-refractivity contribution in [1.82, 2.24) is 9.55 Å². The SMILES string of the molecule is N#CCc1cc(-n2cnc(C#N)c2C#N)ccc1N. The molecule has 0 unspecified atom stereocenters. The highest BCUT2D eigenvalue weighted by atomic mass is 15.1. The molecule has 0 aliphatic heterocycles. The third-order valence-electron chi connectivity index (χ3n) is 2.65. The van der Waals surface area contributed by atoms with Gasteiger partial charge in [-0.1, -0.05) is 0 Å². The van der Waals surface area contributed by atoms with Crippen molar-refractivity contribution in [2.24, 2.45) is 0 Å². The monoisotopic (exact) mass is 248 g/mol. The summed E-state index contributed by atoms with van der Waals surface area (Å²) in [5.74, 6) is 0. The maximum absolute atomic E-state index is 9.07. The Morgan fingerprint density at radius 1 is 1.21 bits per heavy atom. The fourth-order valence-electron chi connectivity index (χ4n) is 1.71. The molecule has 90 valence electrons. The second-order valence-corrected chi connectivity index (χ2v) is 3.75. The van der Waals surface area contributed by atoms with E-state index in [4.69, 9.17) is 21.5 Å². The zero-order valence-electron chi connectivity index (χ0n) is 9.83. The number of hydrogen-bond donors (Lipinski definition) is 1. The van der Waals surface area contributed by atoms with Gasteiger partial charge < -0.3 is 5.73 Å². The molecule has 0 spiro atoms. The van der Waals surface area contributed by atoms with Crippen molar-refractivity contribution in [3.63, 3.8) is 0 Å². The Balaban J connectivity index is 2.58. The van der Waals surface area contributed by atoms with E-state index in [1.807, 2.05) is 18.2 Å². The van der Waals surface area contributed by atoms with Gasteiger partial charge in [-0.3, -0.25) is 4.57 Å². The summed E-state index contributed by atoms with van der Waals surface area (Å²) in [7, 11) is 0. The van der Waals surface area contributed by atoms with Crippen LogP contribution in [-0.2, 0) is 6.42 Å². The van der Waals surface area contributed by atoms with Crippen LogP contribution in [0.2, 0.25) is 0 Å². The van der Waals surface area contributed by atoms with Gasteiger partial charge in [0.2, 0.25) is 0 Å². The molecule has 0 fully saturated rings. The van der Waals surface area contributed by atoms with Gasteiger partial charge in [0.15, 0.2) is 11.4 Å². The van der Waals surface area contributed by atoms with Crippen LogP contribution < -0.4 is 5.73 Å². The molecule has 2 rings (SSSR count). The molecule has 0 radical (unpaired) electrons. The zero-order chi connectivity index (χ0) is 13.8. The van der Waals surface area contributed by atoms with E-state index in [1.54, 1.807) is 18.2 Å². The summed E-state index contributed by atoms with van der Waals surface area (Å²) in [4.78, 5) is 3.86. The summed E-state index contributed by atoms with van der Waals surface area (Å²) in [6, 6.07) is 10.9. The van der Waals surface area contributed by atoms with Crippen molar-refractivity contribution in [2.45, 2.75) is 6.42 Å². The van der Waals surface area contributed by atoms with Crippen molar-refractivity contribution in [1.29, 1.82) is 15.8 Å². The van der Waals surface area contributed by atoms with Gasteiger partial charge in [-0.15, -0.1) is 0 Å². The molecule has 1 heterocycles. The van der Waals surface area contributed by atoms with E-state index in [1.165, 1.54) is 10.9 Å². The smallest absolute Gasteiger partial charge is 0.177 e. The molecule has 6 heteroatoms. The van der Waals surface area contributed by atoms with Crippen LogP contribution in [0.3, 0.4) is 0 Å². The molecule has 0 saturated carbocycles. The Bertz CT molecular complexity index is 751. The first-order valence-corrected chi connectivity index (χ1v) is 5.34. The van der Waals surface area contributed by atoms with Crippen LogP contribution in [-0.4, -0.2) is 9.55 Å². The molecule has 0 aliphatic carbocycles. The van der Waals surface area contributed by atoms with Crippen LogP contribution in [0, 0.1) is 34.0 Å². The Morgan fingerprint density at radius 3 is 2.63 bits per heavy atom. The van der Waals surface area contributed by atoms with E-state index in [9.17, 15) is 0 Å². The van der Waals surface area contributed by atoms with Crippen molar-refractivity contribution >= 4 is 5.69 Å². The summed E-state index contributed by atoms with van der Waals surface area (Å²) in [6.07, 6.45) is 1.58. The van der Waals surface area contributed by atoms with Gasteiger partial charge in [0.1, 0.15) is 18.5 Å². The predicted molar refractivity (Wildman–Crippen MR) is 66.7 cm³/mol. The van der Waals surface area contributed by atoms with Gasteiger partial charge in [-0.25, -0.2) is 4.98 Å². The molecule has 6 nitrogen and oxygen atoms in total. The Hall–Kier alpha value is -3.30. The third-order valence-corrected chi connectivity index (χ3v) is 2.65. The number of benzene rings is 1. The highest BCUT2D eigenvalue weighted by Crippen LogP contribution is 2.20. The second-order valence-electron chi connectivity index (χ2n) is 3.75. The number of hydrogen-bond acceptors (Lipinski definition) is 5. The first kappa shape index (κ1) is 12.2. The number of nitrogen functional groups attached to an aromatic ring is 1. The summed E-state index contributed by atoms with van der Waals surface area (Å²) in [6.45, 7) is 0. The van der Waals surface area contributed by atoms with Crippen LogP contribution in [0.4, 0.5) is 5.69 Å². The zero-order valence-corrected chi connectivity index (χ0v) is 9.83. The third kappa shape index (κ3) is 2.09. The standard InChI is InChI=1S/C13H8N6/c14-4-3-9-5-10(1-2-11(9)17)19-8-18-12(6-15)13(19)7-16/h1-2,5,8H,3,17H2. The molecule has 2 N–H and O–H groups in total. The fraction of sp³-hybridized carbons (Fsp3) is 0.0769.